The molecule has 0 bridgehead atoms. The standard InChI is InChI=1S/C15H21N3O2S/c1-4-11(2)13-5-7-15(8-6-13)21(19,20)17-10-14-9-16-18-12(14)3/h5-9,11,17H,4,10H2,1-3H3,(H,16,18). The molecule has 2 N–H and O–H groups in total. The van der Waals surface area contributed by atoms with Gasteiger partial charge in [0.1, 0.15) is 0 Å². The molecule has 0 saturated carbocycles. The molecular formula is C15H21N3O2S. The zero-order chi connectivity index (χ0) is 15.5. The van der Waals surface area contributed by atoms with E-state index >= 15 is 0 Å². The number of nitrogens with one attached hydrogen (secondary N) is 2. The van der Waals surface area contributed by atoms with Crippen molar-refractivity contribution in [1.29, 1.82) is 0 Å². The van der Waals surface area contributed by atoms with E-state index in [1.54, 1.807) is 18.3 Å². The van der Waals surface area contributed by atoms with Crippen LogP contribution >= 0.6 is 0 Å². The first-order chi connectivity index (χ1) is 9.94. The third-order valence-corrected chi connectivity index (χ3v) is 5.18. The van der Waals surface area contributed by atoms with Crippen molar-refractivity contribution in [1.82, 2.24) is 14.9 Å². The molecule has 6 heteroatoms. The summed E-state index contributed by atoms with van der Waals surface area (Å²) in [6, 6.07) is 7.08. The van der Waals surface area contributed by atoms with E-state index in [0.717, 1.165) is 23.2 Å². The van der Waals surface area contributed by atoms with Crippen LogP contribution in [0.3, 0.4) is 0 Å². The van der Waals surface area contributed by atoms with Gasteiger partial charge in [0.05, 0.1) is 11.1 Å². The number of benzene rings is 1. The van der Waals surface area contributed by atoms with Crippen molar-refractivity contribution in [2.24, 2.45) is 0 Å². The maximum Gasteiger partial charge on any atom is 0.240 e. The van der Waals surface area contributed by atoms with Gasteiger partial charge >= 0.3 is 0 Å². The molecule has 1 unspecified atom stereocenters. The van der Waals surface area contributed by atoms with Crippen molar-refractivity contribution in [3.05, 3.63) is 47.3 Å². The van der Waals surface area contributed by atoms with Crippen molar-refractivity contribution in [3.63, 3.8) is 0 Å². The van der Waals surface area contributed by atoms with Gasteiger partial charge in [0.2, 0.25) is 10.0 Å². The Balaban J connectivity index is 2.10. The summed E-state index contributed by atoms with van der Waals surface area (Å²) in [5, 5.41) is 6.66. The van der Waals surface area contributed by atoms with Crippen LogP contribution in [-0.4, -0.2) is 18.6 Å². The predicted molar refractivity (Wildman–Crippen MR) is 82.5 cm³/mol. The zero-order valence-corrected chi connectivity index (χ0v) is 13.4. The lowest BCUT2D eigenvalue weighted by molar-refractivity contribution is 0.581. The fourth-order valence-electron chi connectivity index (χ4n) is 2.02. The van der Waals surface area contributed by atoms with Crippen LogP contribution in [0.15, 0.2) is 35.4 Å². The second-order valence-electron chi connectivity index (χ2n) is 5.22. The first-order valence-corrected chi connectivity index (χ1v) is 8.51. The van der Waals surface area contributed by atoms with Gasteiger partial charge in [-0.1, -0.05) is 26.0 Å². The number of hydrogen-bond donors (Lipinski definition) is 2. The summed E-state index contributed by atoms with van der Waals surface area (Å²) in [5.41, 5.74) is 2.86. The van der Waals surface area contributed by atoms with Crippen LogP contribution < -0.4 is 4.72 Å². The maximum absolute atomic E-state index is 12.2. The van der Waals surface area contributed by atoms with Crippen LogP contribution in [0.5, 0.6) is 0 Å². The van der Waals surface area contributed by atoms with Gasteiger partial charge in [0, 0.05) is 17.8 Å². The van der Waals surface area contributed by atoms with Crippen LogP contribution in [0.25, 0.3) is 0 Å². The number of nitrogens with zero attached hydrogens (tertiary/aromatic N) is 1. The minimum atomic E-state index is -3.49. The van der Waals surface area contributed by atoms with E-state index in [1.165, 1.54) is 0 Å². The summed E-state index contributed by atoms with van der Waals surface area (Å²) in [5.74, 6) is 0.434. The number of aromatic nitrogens is 2. The number of hydrogen-bond acceptors (Lipinski definition) is 3. The fraction of sp³-hybridized carbons (Fsp3) is 0.400. The van der Waals surface area contributed by atoms with Gasteiger partial charge in [0.15, 0.2) is 0 Å². The molecule has 21 heavy (non-hydrogen) atoms. The molecule has 2 aromatic rings. The highest BCUT2D eigenvalue weighted by atomic mass is 32.2. The van der Waals surface area contributed by atoms with Crippen LogP contribution in [0.1, 0.15) is 43.0 Å². The predicted octanol–water partition coefficient (Wildman–Crippen LogP) is 2.71. The third-order valence-electron chi connectivity index (χ3n) is 3.76. The first kappa shape index (κ1) is 15.7. The minimum Gasteiger partial charge on any atom is -0.283 e. The Morgan fingerprint density at radius 1 is 1.29 bits per heavy atom. The van der Waals surface area contributed by atoms with Crippen LogP contribution in [0.4, 0.5) is 0 Å². The Labute approximate surface area is 125 Å². The van der Waals surface area contributed by atoms with Gasteiger partial charge in [-0.05, 0) is 37.0 Å². The monoisotopic (exact) mass is 307 g/mol. The number of sulfonamides is 1. The van der Waals surface area contributed by atoms with E-state index in [-0.39, 0.29) is 11.4 Å². The van der Waals surface area contributed by atoms with Gasteiger partial charge in [-0.15, -0.1) is 0 Å². The first-order valence-electron chi connectivity index (χ1n) is 7.02. The Hall–Kier alpha value is -1.66. The summed E-state index contributed by atoms with van der Waals surface area (Å²) < 4.78 is 27.1. The molecule has 5 nitrogen and oxygen atoms in total. The molecule has 1 heterocycles. The lowest BCUT2D eigenvalue weighted by Gasteiger charge is -2.10. The Bertz CT molecular complexity index is 690. The van der Waals surface area contributed by atoms with Crippen molar-refractivity contribution in [2.75, 3.05) is 0 Å². The van der Waals surface area contributed by atoms with Gasteiger partial charge in [-0.2, -0.15) is 5.10 Å². The normalized spacial score (nSPS) is 13.3. The molecule has 0 radical (unpaired) electrons. The summed E-state index contributed by atoms with van der Waals surface area (Å²) in [4.78, 5) is 0.288. The summed E-state index contributed by atoms with van der Waals surface area (Å²) >= 11 is 0. The smallest absolute Gasteiger partial charge is 0.240 e. The average molecular weight is 307 g/mol. The van der Waals surface area contributed by atoms with Crippen LogP contribution in [0, 0.1) is 6.92 Å². The SMILES string of the molecule is CCC(C)c1ccc(S(=O)(=O)NCc2cn[nH]c2C)cc1. The van der Waals surface area contributed by atoms with E-state index in [0.29, 0.717) is 5.92 Å². The topological polar surface area (TPSA) is 74.8 Å². The molecule has 0 fully saturated rings. The summed E-state index contributed by atoms with van der Waals surface area (Å²) in [6.45, 7) is 6.34. The number of aromatic amines is 1. The minimum absolute atomic E-state index is 0.234. The van der Waals surface area contributed by atoms with E-state index in [9.17, 15) is 8.42 Å². The molecule has 0 aliphatic rings. The fourth-order valence-corrected chi connectivity index (χ4v) is 3.03. The Kier molecular flexibility index (Phi) is 4.80. The highest BCUT2D eigenvalue weighted by Crippen LogP contribution is 2.20. The van der Waals surface area contributed by atoms with Crippen LogP contribution in [0.2, 0.25) is 0 Å². The van der Waals surface area contributed by atoms with E-state index in [1.807, 2.05) is 19.1 Å². The maximum atomic E-state index is 12.2. The Morgan fingerprint density at radius 2 is 1.95 bits per heavy atom. The van der Waals surface area contributed by atoms with Gasteiger partial charge in [0.25, 0.3) is 0 Å². The van der Waals surface area contributed by atoms with Crippen molar-refractivity contribution >= 4 is 10.0 Å². The lowest BCUT2D eigenvalue weighted by Crippen LogP contribution is -2.23. The van der Waals surface area contributed by atoms with Crippen molar-refractivity contribution in [3.8, 4) is 0 Å². The molecule has 2 rings (SSSR count). The van der Waals surface area contributed by atoms with Gasteiger partial charge in [-0.3, -0.25) is 5.10 Å². The van der Waals surface area contributed by atoms with Crippen LogP contribution in [-0.2, 0) is 16.6 Å². The molecule has 0 saturated heterocycles. The lowest BCUT2D eigenvalue weighted by atomic mass is 9.99. The highest BCUT2D eigenvalue weighted by Gasteiger charge is 2.15. The molecule has 1 aromatic carbocycles. The quantitative estimate of drug-likeness (QED) is 0.861. The van der Waals surface area contributed by atoms with E-state index in [2.05, 4.69) is 28.8 Å². The van der Waals surface area contributed by atoms with Crippen molar-refractivity contribution < 1.29 is 8.42 Å². The number of H-pyrrole nitrogens is 1. The molecule has 0 aliphatic carbocycles. The Morgan fingerprint density at radius 3 is 2.48 bits per heavy atom. The molecule has 1 aromatic heterocycles. The van der Waals surface area contributed by atoms with Crippen molar-refractivity contribution in [2.45, 2.75) is 44.6 Å². The molecular weight excluding hydrogens is 286 g/mol. The second kappa shape index (κ2) is 6.41. The van der Waals surface area contributed by atoms with E-state index < -0.39 is 10.0 Å². The zero-order valence-electron chi connectivity index (χ0n) is 12.6. The average Bonchev–Trinajstić information content (AvgIpc) is 2.90. The van der Waals surface area contributed by atoms with Gasteiger partial charge < -0.3 is 0 Å². The number of rotatable bonds is 6. The molecule has 0 amide bonds. The van der Waals surface area contributed by atoms with E-state index in [4.69, 9.17) is 0 Å². The number of aryl methyl sites for hydroxylation is 1. The largest absolute Gasteiger partial charge is 0.283 e. The summed E-state index contributed by atoms with van der Waals surface area (Å²) in [6.07, 6.45) is 2.66. The van der Waals surface area contributed by atoms with Gasteiger partial charge in [-0.25, -0.2) is 13.1 Å². The highest BCUT2D eigenvalue weighted by molar-refractivity contribution is 7.89. The molecule has 1 atom stereocenters. The summed E-state index contributed by atoms with van der Waals surface area (Å²) in [7, 11) is -3.49. The molecule has 0 aliphatic heterocycles. The second-order valence-corrected chi connectivity index (χ2v) is 6.99. The molecule has 114 valence electrons. The molecule has 0 spiro atoms. The third kappa shape index (κ3) is 3.71.